The first-order chi connectivity index (χ1) is 13.1. The molecule has 2 rings (SSSR count). The second kappa shape index (κ2) is 18.1. The van der Waals surface area contributed by atoms with Crippen molar-refractivity contribution in [3.63, 3.8) is 0 Å². The average molecular weight is 497 g/mol. The van der Waals surface area contributed by atoms with Gasteiger partial charge in [0.05, 0.1) is 46.9 Å². The Hall–Kier alpha value is -3.92. The minimum Gasteiger partial charge on any atom is -0.465 e. The molecular formula is C14H17CuN4O12+. The summed E-state index contributed by atoms with van der Waals surface area (Å²) in [5, 5.41) is 29.5. The fourth-order valence-electron chi connectivity index (χ4n) is 1.66. The first-order valence-electron chi connectivity index (χ1n) is 6.85. The number of rotatable bonds is 3. The van der Waals surface area contributed by atoms with E-state index in [9.17, 15) is 9.59 Å². The van der Waals surface area contributed by atoms with Crippen LogP contribution in [0.4, 0.5) is 0 Å². The molecule has 175 valence electrons. The number of carbonyl (C=O) groups excluding carboxylic acids is 2. The van der Waals surface area contributed by atoms with Crippen molar-refractivity contribution in [2.45, 2.75) is 0 Å². The van der Waals surface area contributed by atoms with Crippen LogP contribution >= 0.6 is 0 Å². The summed E-state index contributed by atoms with van der Waals surface area (Å²) in [6, 6.07) is 6.78. The predicted molar refractivity (Wildman–Crippen MR) is 99.4 cm³/mol. The summed E-state index contributed by atoms with van der Waals surface area (Å²) in [5.41, 5.74) is 1.21. The fraction of sp³-hybridized carbons (Fsp3) is 0.143. The second-order valence-corrected chi connectivity index (χ2v) is 4.26. The van der Waals surface area contributed by atoms with Gasteiger partial charge in [0.1, 0.15) is 0 Å². The minimum atomic E-state index is -1.75. The molecule has 31 heavy (non-hydrogen) atoms. The Morgan fingerprint density at radius 2 is 1.32 bits per heavy atom. The molecule has 0 atom stereocenters. The number of pyridine rings is 2. The van der Waals surface area contributed by atoms with E-state index in [4.69, 9.17) is 30.6 Å². The van der Waals surface area contributed by atoms with Crippen LogP contribution in [0.3, 0.4) is 0 Å². The minimum absolute atomic E-state index is 0. The topological polar surface area (TPSA) is 275 Å². The van der Waals surface area contributed by atoms with Gasteiger partial charge in [0.2, 0.25) is 0 Å². The number of esters is 2. The molecule has 2 aromatic heterocycles. The molecular weight excluding hydrogens is 480 g/mol. The molecule has 17 heteroatoms. The van der Waals surface area contributed by atoms with Gasteiger partial charge in [-0.05, 0) is 18.2 Å². The molecule has 2 aromatic rings. The molecule has 0 bridgehead atoms. The summed E-state index contributed by atoms with van der Waals surface area (Å²) in [6.07, 6.45) is 2.89. The van der Waals surface area contributed by atoms with Gasteiger partial charge in [-0.25, -0.2) is 9.59 Å². The molecule has 0 fully saturated rings. The van der Waals surface area contributed by atoms with Crippen LogP contribution in [-0.4, -0.2) is 51.8 Å². The number of hydrogen-bond acceptors (Lipinski definition) is 12. The smallest absolute Gasteiger partial charge is 0.465 e. The summed E-state index contributed by atoms with van der Waals surface area (Å²) >= 11 is 0. The predicted octanol–water partition coefficient (Wildman–Crippen LogP) is -0.511. The van der Waals surface area contributed by atoms with Crippen LogP contribution < -0.4 is 0 Å². The molecule has 1 radical (unpaired) electrons. The number of nitrogens with zero attached hydrogens (tertiary/aromatic N) is 4. The van der Waals surface area contributed by atoms with E-state index in [1.807, 2.05) is 0 Å². The Labute approximate surface area is 183 Å². The van der Waals surface area contributed by atoms with Gasteiger partial charge in [0.15, 0.2) is 0 Å². The van der Waals surface area contributed by atoms with Crippen molar-refractivity contribution >= 4 is 11.9 Å². The molecule has 0 aliphatic heterocycles. The maximum absolute atomic E-state index is 11.8. The number of ether oxygens (including phenoxy) is 2. The first kappa shape index (κ1) is 34.6. The molecule has 5 N–H and O–H groups in total. The van der Waals surface area contributed by atoms with Crippen molar-refractivity contribution in [2.75, 3.05) is 14.2 Å². The molecule has 2 heterocycles. The van der Waals surface area contributed by atoms with E-state index in [1.165, 1.54) is 26.5 Å². The van der Waals surface area contributed by atoms with E-state index < -0.39 is 22.1 Å². The standard InChI is InChI=1S/C14H12N2O4.Cu.2NO3.2H2O/c1-19-13(17)9-7-12(11-5-3-4-6-15-11)16-8-10(9)14(18)20-2;;2*2-1(3)4;;/h3-8H,1-2H3;;;;2*1H2/q;+2;2*-1;;/p+1. The van der Waals surface area contributed by atoms with E-state index in [2.05, 4.69) is 19.4 Å². The third-order valence-electron chi connectivity index (χ3n) is 2.64. The summed E-state index contributed by atoms with van der Waals surface area (Å²) in [5.74, 6) is -1.28. The monoisotopic (exact) mass is 496 g/mol. The van der Waals surface area contributed by atoms with Crippen molar-refractivity contribution in [2.24, 2.45) is 0 Å². The zero-order valence-electron chi connectivity index (χ0n) is 15.7. The fourth-order valence-corrected chi connectivity index (χ4v) is 1.66. The van der Waals surface area contributed by atoms with Crippen LogP contribution in [0.25, 0.3) is 11.4 Å². The van der Waals surface area contributed by atoms with Crippen molar-refractivity contribution in [1.29, 1.82) is 0 Å². The van der Waals surface area contributed by atoms with Gasteiger partial charge in [0.25, 0.3) is 0 Å². The maximum Gasteiger partial charge on any atom is 2.00 e. The van der Waals surface area contributed by atoms with Gasteiger partial charge in [-0.3, -0.25) is 9.97 Å². The van der Waals surface area contributed by atoms with Crippen molar-refractivity contribution in [3.05, 3.63) is 78.4 Å². The van der Waals surface area contributed by atoms with Crippen molar-refractivity contribution < 1.29 is 57.3 Å². The molecule has 0 amide bonds. The van der Waals surface area contributed by atoms with E-state index in [0.717, 1.165) is 0 Å². The van der Waals surface area contributed by atoms with Crippen LogP contribution in [0.1, 0.15) is 20.7 Å². The Morgan fingerprint density at radius 1 is 0.871 bits per heavy atom. The van der Waals surface area contributed by atoms with Crippen LogP contribution in [0.5, 0.6) is 0 Å². The van der Waals surface area contributed by atoms with Crippen LogP contribution in [0.2, 0.25) is 0 Å². The molecule has 0 aromatic carbocycles. The molecule has 0 saturated carbocycles. The normalized spacial score (nSPS) is 7.94. The number of aromatic nitrogens is 2. The second-order valence-electron chi connectivity index (χ2n) is 4.26. The van der Waals surface area contributed by atoms with E-state index in [1.54, 1.807) is 24.4 Å². The Balaban J connectivity index is -0.000000288. The Bertz CT molecular complexity index is 817. The zero-order chi connectivity index (χ0) is 21.7. The van der Waals surface area contributed by atoms with Crippen LogP contribution in [-0.2, 0) is 32.0 Å². The maximum atomic E-state index is 11.8. The molecule has 0 aliphatic rings. The Kier molecular flexibility index (Phi) is 20.2. The van der Waals surface area contributed by atoms with E-state index in [-0.39, 0.29) is 39.1 Å². The zero-order valence-corrected chi connectivity index (χ0v) is 16.7. The third kappa shape index (κ3) is 13.8. The number of hydrogen-bond donors (Lipinski definition) is 0. The van der Waals surface area contributed by atoms with Gasteiger partial charge < -0.3 is 51.1 Å². The number of carbonyl (C=O) groups is 2. The van der Waals surface area contributed by atoms with E-state index in [0.29, 0.717) is 11.4 Å². The van der Waals surface area contributed by atoms with E-state index >= 15 is 0 Å². The first-order valence-corrected chi connectivity index (χ1v) is 6.85. The molecule has 0 saturated heterocycles. The Morgan fingerprint density at radius 3 is 1.71 bits per heavy atom. The number of methoxy groups -OCH3 is 2. The van der Waals surface area contributed by atoms with Gasteiger partial charge in [0, 0.05) is 12.4 Å². The molecule has 0 aliphatic carbocycles. The SMILES string of the molecule is COC(=O)c1cnc(-c2ccccn2)cc1C(=O)OC.O.O=[N+]([O-])[O-].O=[N+]([O-])[O-].[Cu+2].[OH3+]. The molecule has 16 nitrogen and oxygen atoms in total. The van der Waals surface area contributed by atoms with Gasteiger partial charge in [-0.15, -0.1) is 0 Å². The van der Waals surface area contributed by atoms with Gasteiger partial charge >= 0.3 is 29.0 Å². The van der Waals surface area contributed by atoms with Crippen molar-refractivity contribution in [3.8, 4) is 11.4 Å². The quantitative estimate of drug-likeness (QED) is 0.170. The molecule has 0 spiro atoms. The van der Waals surface area contributed by atoms with Crippen LogP contribution in [0.15, 0.2) is 36.7 Å². The van der Waals surface area contributed by atoms with Crippen molar-refractivity contribution in [1.82, 2.24) is 9.97 Å². The summed E-state index contributed by atoms with van der Waals surface area (Å²) in [4.78, 5) is 48.1. The largest absolute Gasteiger partial charge is 2.00 e. The van der Waals surface area contributed by atoms with Crippen LogP contribution in [0, 0.1) is 30.6 Å². The summed E-state index contributed by atoms with van der Waals surface area (Å²) < 4.78 is 9.28. The summed E-state index contributed by atoms with van der Waals surface area (Å²) in [6.45, 7) is 0. The third-order valence-corrected chi connectivity index (χ3v) is 2.64. The summed E-state index contributed by atoms with van der Waals surface area (Å²) in [7, 11) is 2.47. The van der Waals surface area contributed by atoms with Gasteiger partial charge in [-0.2, -0.15) is 0 Å². The average Bonchev–Trinajstić information content (AvgIpc) is 2.66. The molecule has 0 unspecified atom stereocenters. The van der Waals surface area contributed by atoms with Gasteiger partial charge in [-0.1, -0.05) is 6.07 Å².